The molecule has 4 heterocycles. The van der Waals surface area contributed by atoms with Crippen molar-refractivity contribution in [1.29, 1.82) is 0 Å². The number of anilines is 2. The van der Waals surface area contributed by atoms with Gasteiger partial charge in [0.05, 0.1) is 37.0 Å². The van der Waals surface area contributed by atoms with Crippen molar-refractivity contribution in [3.05, 3.63) is 108 Å². The molecule has 0 atom stereocenters. The number of ether oxygens (including phenoxy) is 2. The van der Waals surface area contributed by atoms with Crippen LogP contribution in [0.4, 0.5) is 11.4 Å². The largest absolute Gasteiger partial charge is 0.494 e. The number of nitrogens with zero attached hydrogens (tertiary/aromatic N) is 5. The third kappa shape index (κ3) is 10.6. The molecule has 61 heavy (non-hydrogen) atoms. The predicted molar refractivity (Wildman–Crippen MR) is 249 cm³/mol. The summed E-state index contributed by atoms with van der Waals surface area (Å²) in [4.78, 5) is 24.0. The average Bonchev–Trinajstić information content (AvgIpc) is 4.03. The Kier molecular flexibility index (Phi) is 13.9. The van der Waals surface area contributed by atoms with Crippen LogP contribution in [-0.2, 0) is 30.7 Å². The molecule has 0 spiro atoms. The van der Waals surface area contributed by atoms with E-state index < -0.39 is 0 Å². The summed E-state index contributed by atoms with van der Waals surface area (Å²) in [6, 6.07) is 25.9. The van der Waals surface area contributed by atoms with Gasteiger partial charge < -0.3 is 28.8 Å². The Bertz CT molecular complexity index is 2350. The van der Waals surface area contributed by atoms with Gasteiger partial charge in [-0.05, 0) is 124 Å². The third-order valence-corrected chi connectivity index (χ3v) is 13.1. The SMILES string of the molecule is CCOc1ccc(Cc2cc3cc(N(C)C(=O)C4CC4)cnc3n2CC2CCCCC2)cc1.CCOc1ccc(Cc2cc3cc(NC)cnc3n2CC2CCCCC2)cc1. The summed E-state index contributed by atoms with van der Waals surface area (Å²) < 4.78 is 16.1. The van der Waals surface area contributed by atoms with Gasteiger partial charge in [0, 0.05) is 68.1 Å². The van der Waals surface area contributed by atoms with Gasteiger partial charge in [0.2, 0.25) is 5.91 Å². The number of aromatic nitrogens is 4. The van der Waals surface area contributed by atoms with E-state index in [1.807, 2.05) is 40.3 Å². The Labute approximate surface area is 362 Å². The zero-order valence-electron chi connectivity index (χ0n) is 37.0. The topological polar surface area (TPSA) is 86.4 Å². The number of amides is 1. The molecule has 2 aromatic carbocycles. The fourth-order valence-electron chi connectivity index (χ4n) is 9.55. The summed E-state index contributed by atoms with van der Waals surface area (Å²) >= 11 is 0. The molecular weight excluding hydrogens is 757 g/mol. The number of carbonyl (C=O) groups is 1. The van der Waals surface area contributed by atoms with Gasteiger partial charge in [-0.2, -0.15) is 0 Å². The molecule has 0 bridgehead atoms. The molecule has 9 heteroatoms. The van der Waals surface area contributed by atoms with Crippen LogP contribution in [0.5, 0.6) is 11.5 Å². The number of hydrogen-bond acceptors (Lipinski definition) is 6. The van der Waals surface area contributed by atoms with Gasteiger partial charge >= 0.3 is 0 Å². The van der Waals surface area contributed by atoms with Crippen LogP contribution in [0.2, 0.25) is 0 Å². The molecule has 9 rings (SSSR count). The minimum Gasteiger partial charge on any atom is -0.494 e. The van der Waals surface area contributed by atoms with Crippen LogP contribution in [0, 0.1) is 17.8 Å². The zero-order chi connectivity index (χ0) is 42.1. The van der Waals surface area contributed by atoms with Crippen LogP contribution in [-0.4, -0.2) is 52.3 Å². The van der Waals surface area contributed by atoms with Crippen LogP contribution in [0.25, 0.3) is 22.1 Å². The summed E-state index contributed by atoms with van der Waals surface area (Å²) in [5, 5.41) is 5.56. The van der Waals surface area contributed by atoms with Crippen molar-refractivity contribution in [1.82, 2.24) is 19.1 Å². The third-order valence-electron chi connectivity index (χ3n) is 13.1. The summed E-state index contributed by atoms with van der Waals surface area (Å²) in [5.41, 5.74) is 9.34. The van der Waals surface area contributed by atoms with E-state index in [0.29, 0.717) is 19.1 Å². The second kappa shape index (κ2) is 20.0. The molecule has 6 aromatic rings. The van der Waals surface area contributed by atoms with E-state index in [0.717, 1.165) is 84.2 Å². The van der Waals surface area contributed by atoms with Crippen molar-refractivity contribution in [3.63, 3.8) is 0 Å². The van der Waals surface area contributed by atoms with Crippen LogP contribution in [0.1, 0.15) is 113 Å². The first-order valence-electron chi connectivity index (χ1n) is 23.2. The summed E-state index contributed by atoms with van der Waals surface area (Å²) in [6.07, 6.45) is 21.1. The molecule has 1 amide bonds. The lowest BCUT2D eigenvalue weighted by Gasteiger charge is -2.23. The molecule has 3 fully saturated rings. The maximum Gasteiger partial charge on any atom is 0.229 e. The van der Waals surface area contributed by atoms with Crippen molar-refractivity contribution in [3.8, 4) is 11.5 Å². The lowest BCUT2D eigenvalue weighted by molar-refractivity contribution is -0.119. The van der Waals surface area contributed by atoms with Gasteiger partial charge in [0.15, 0.2) is 0 Å². The van der Waals surface area contributed by atoms with Crippen LogP contribution < -0.4 is 19.7 Å². The lowest BCUT2D eigenvalue weighted by atomic mass is 9.89. The highest BCUT2D eigenvalue weighted by molar-refractivity contribution is 5.97. The van der Waals surface area contributed by atoms with Gasteiger partial charge in [-0.25, -0.2) is 9.97 Å². The molecule has 0 radical (unpaired) electrons. The van der Waals surface area contributed by atoms with Crippen LogP contribution in [0.3, 0.4) is 0 Å². The summed E-state index contributed by atoms with van der Waals surface area (Å²) in [7, 11) is 3.83. The fraction of sp³-hybridized carbons (Fsp3) is 0.481. The van der Waals surface area contributed by atoms with E-state index in [2.05, 4.69) is 87.2 Å². The predicted octanol–water partition coefficient (Wildman–Crippen LogP) is 11.6. The Hall–Kier alpha value is -5.31. The number of nitrogens with one attached hydrogen (secondary N) is 1. The normalized spacial score (nSPS) is 16.0. The molecule has 0 saturated heterocycles. The molecule has 4 aromatic heterocycles. The quantitative estimate of drug-likeness (QED) is 0.111. The highest BCUT2D eigenvalue weighted by Crippen LogP contribution is 2.35. The van der Waals surface area contributed by atoms with E-state index >= 15 is 0 Å². The smallest absolute Gasteiger partial charge is 0.229 e. The maximum absolute atomic E-state index is 12.6. The minimum atomic E-state index is 0.205. The van der Waals surface area contributed by atoms with Crippen molar-refractivity contribution in [2.24, 2.45) is 17.8 Å². The van der Waals surface area contributed by atoms with Crippen molar-refractivity contribution in [2.45, 2.75) is 117 Å². The molecule has 9 nitrogen and oxygen atoms in total. The molecule has 3 aliphatic carbocycles. The van der Waals surface area contributed by atoms with Crippen LogP contribution in [0.15, 0.2) is 85.2 Å². The number of benzene rings is 2. The molecule has 3 aliphatic rings. The van der Waals surface area contributed by atoms with Gasteiger partial charge in [0.25, 0.3) is 0 Å². The van der Waals surface area contributed by atoms with E-state index in [1.165, 1.54) is 92.1 Å². The summed E-state index contributed by atoms with van der Waals surface area (Å²) in [5.74, 6) is 3.76. The van der Waals surface area contributed by atoms with Crippen molar-refractivity contribution >= 4 is 39.3 Å². The second-order valence-electron chi connectivity index (χ2n) is 17.7. The molecule has 0 unspecified atom stereocenters. The first-order valence-corrected chi connectivity index (χ1v) is 23.2. The second-order valence-corrected chi connectivity index (χ2v) is 17.7. The number of pyridine rings is 2. The minimum absolute atomic E-state index is 0.205. The van der Waals surface area contributed by atoms with Gasteiger partial charge in [-0.1, -0.05) is 62.8 Å². The summed E-state index contributed by atoms with van der Waals surface area (Å²) in [6.45, 7) is 7.52. The highest BCUT2D eigenvalue weighted by Gasteiger charge is 2.33. The van der Waals surface area contributed by atoms with Crippen LogP contribution >= 0.6 is 0 Å². The Morgan fingerprint density at radius 3 is 1.59 bits per heavy atom. The molecule has 0 aliphatic heterocycles. The first-order chi connectivity index (χ1) is 29.9. The van der Waals surface area contributed by atoms with Gasteiger partial charge in [-0.3, -0.25) is 4.79 Å². The van der Waals surface area contributed by atoms with E-state index in [-0.39, 0.29) is 11.8 Å². The standard InChI is InChI=1S/C28H35N3O2.C24H31N3O/c1-3-33-26-13-9-20(10-14-26)15-24-16-23-17-25(30(2)28(32)22-11-12-22)18-29-27(23)31(24)19-21-7-5-4-6-8-21;1-3-28-23-11-9-18(10-12-23)13-22-15-20-14-21(25-2)16-26-24(20)27(22)17-19-7-5-4-6-8-19/h9-10,13-14,16-18,21-22H,3-8,11-12,15,19H2,1-2H3;9-12,14-16,19,25H,3-8,13,17H2,1-2H3. The monoisotopic (exact) mass is 823 g/mol. The molecule has 322 valence electrons. The maximum atomic E-state index is 12.6. The number of carbonyl (C=O) groups excluding carboxylic acids is 1. The van der Waals surface area contributed by atoms with Crippen molar-refractivity contribution < 1.29 is 14.3 Å². The van der Waals surface area contributed by atoms with E-state index in [4.69, 9.17) is 19.4 Å². The van der Waals surface area contributed by atoms with E-state index in [9.17, 15) is 4.79 Å². The lowest BCUT2D eigenvalue weighted by Crippen LogP contribution is -2.27. The molecule has 1 N–H and O–H groups in total. The first kappa shape index (κ1) is 42.4. The average molecular weight is 823 g/mol. The number of rotatable bonds is 15. The van der Waals surface area contributed by atoms with Gasteiger partial charge in [-0.15, -0.1) is 0 Å². The molecule has 3 saturated carbocycles. The Morgan fingerprint density at radius 1 is 0.656 bits per heavy atom. The fourth-order valence-corrected chi connectivity index (χ4v) is 9.55. The number of fused-ring (bicyclic) bond motifs is 2. The Morgan fingerprint density at radius 2 is 1.13 bits per heavy atom. The van der Waals surface area contributed by atoms with E-state index in [1.54, 1.807) is 4.90 Å². The Balaban J connectivity index is 0.000000171. The highest BCUT2D eigenvalue weighted by atomic mass is 16.5. The zero-order valence-corrected chi connectivity index (χ0v) is 37.0. The van der Waals surface area contributed by atoms with Crippen molar-refractivity contribution in [2.75, 3.05) is 37.5 Å². The van der Waals surface area contributed by atoms with Gasteiger partial charge in [0.1, 0.15) is 22.8 Å². The number of hydrogen-bond donors (Lipinski definition) is 1. The molecular formula is C52H66N6O3.